The van der Waals surface area contributed by atoms with E-state index < -0.39 is 0 Å². The summed E-state index contributed by atoms with van der Waals surface area (Å²) in [5.41, 5.74) is 1.76. The van der Waals surface area contributed by atoms with E-state index in [1.807, 2.05) is 6.07 Å². The van der Waals surface area contributed by atoms with Crippen molar-refractivity contribution in [2.45, 2.75) is 6.92 Å². The first-order valence-corrected chi connectivity index (χ1v) is 5.20. The minimum absolute atomic E-state index is 0.0215. The number of aromatic amines is 1. The van der Waals surface area contributed by atoms with Crippen LogP contribution >= 0.6 is 15.9 Å². The summed E-state index contributed by atoms with van der Waals surface area (Å²) in [7, 11) is 0. The molecule has 1 aromatic carbocycles. The predicted octanol–water partition coefficient (Wildman–Crippen LogP) is 2.95. The third kappa shape index (κ3) is 1.51. The summed E-state index contributed by atoms with van der Waals surface area (Å²) in [4.78, 5) is 25.0. The first kappa shape index (κ1) is 10.1. The van der Waals surface area contributed by atoms with Gasteiger partial charge in [0, 0.05) is 10.9 Å². The van der Waals surface area contributed by atoms with Gasteiger partial charge in [-0.25, -0.2) is 0 Å². The zero-order valence-corrected chi connectivity index (χ0v) is 9.59. The average Bonchev–Trinajstić information content (AvgIpc) is 2.55. The number of nitrogens with one attached hydrogen (secondary N) is 1. The molecule has 0 saturated carbocycles. The number of halogens is 1. The van der Waals surface area contributed by atoms with Crippen molar-refractivity contribution in [1.29, 1.82) is 0 Å². The number of carbonyl (C=O) groups excluding carboxylic acids is 2. The Kier molecular flexibility index (Phi) is 2.44. The molecule has 0 saturated heterocycles. The van der Waals surface area contributed by atoms with Gasteiger partial charge < -0.3 is 4.98 Å². The number of benzene rings is 1. The lowest BCUT2D eigenvalue weighted by Crippen LogP contribution is -1.92. The highest BCUT2D eigenvalue weighted by Gasteiger charge is 2.12. The third-order valence-corrected chi connectivity index (χ3v) is 3.15. The van der Waals surface area contributed by atoms with Crippen LogP contribution in [0.15, 0.2) is 22.7 Å². The number of hydrogen-bond donors (Lipinski definition) is 1. The molecular formula is C11H8BrNO2. The molecular weight excluding hydrogens is 258 g/mol. The van der Waals surface area contributed by atoms with Crippen LogP contribution in [0.3, 0.4) is 0 Å². The van der Waals surface area contributed by atoms with Crippen LogP contribution in [-0.2, 0) is 0 Å². The van der Waals surface area contributed by atoms with Crippen molar-refractivity contribution < 1.29 is 9.59 Å². The minimum Gasteiger partial charge on any atom is -0.351 e. The highest BCUT2D eigenvalue weighted by Crippen LogP contribution is 2.29. The van der Waals surface area contributed by atoms with Gasteiger partial charge in [-0.05, 0) is 28.9 Å². The van der Waals surface area contributed by atoms with E-state index in [1.54, 1.807) is 12.1 Å². The molecule has 0 radical (unpaired) electrons. The van der Waals surface area contributed by atoms with Crippen molar-refractivity contribution in [2.24, 2.45) is 0 Å². The molecule has 1 N–H and O–H groups in total. The van der Waals surface area contributed by atoms with Crippen molar-refractivity contribution in [3.05, 3.63) is 33.9 Å². The maximum Gasteiger partial charge on any atom is 0.167 e. The van der Waals surface area contributed by atoms with Crippen molar-refractivity contribution in [3.63, 3.8) is 0 Å². The van der Waals surface area contributed by atoms with E-state index in [0.29, 0.717) is 21.2 Å². The second-order valence-electron chi connectivity index (χ2n) is 3.25. The number of ketones is 1. The van der Waals surface area contributed by atoms with Crippen molar-refractivity contribution in [1.82, 2.24) is 4.98 Å². The number of aldehydes is 1. The van der Waals surface area contributed by atoms with E-state index in [2.05, 4.69) is 20.9 Å². The lowest BCUT2D eigenvalue weighted by molar-refractivity contribution is 0.101. The molecule has 3 nitrogen and oxygen atoms in total. The smallest absolute Gasteiger partial charge is 0.167 e. The predicted molar refractivity (Wildman–Crippen MR) is 61.4 cm³/mol. The Morgan fingerprint density at radius 1 is 1.47 bits per heavy atom. The number of rotatable bonds is 2. The molecule has 4 heteroatoms. The number of fused-ring (bicyclic) bond motifs is 1. The summed E-state index contributed by atoms with van der Waals surface area (Å²) in [5, 5.41) is 0.852. The van der Waals surface area contributed by atoms with Crippen molar-refractivity contribution >= 4 is 38.9 Å². The van der Waals surface area contributed by atoms with Crippen LogP contribution in [0.4, 0.5) is 0 Å². The number of H-pyrrole nitrogens is 1. The second kappa shape index (κ2) is 3.62. The molecule has 0 amide bonds. The number of aromatic nitrogens is 1. The highest BCUT2D eigenvalue weighted by atomic mass is 79.9. The lowest BCUT2D eigenvalue weighted by atomic mass is 10.1. The van der Waals surface area contributed by atoms with Gasteiger partial charge in [-0.1, -0.05) is 12.1 Å². The molecule has 1 heterocycles. The lowest BCUT2D eigenvalue weighted by Gasteiger charge is -1.97. The minimum atomic E-state index is -0.0215. The Labute approximate surface area is 94.6 Å². The molecule has 2 aromatic rings. The zero-order valence-electron chi connectivity index (χ0n) is 8.00. The van der Waals surface area contributed by atoms with E-state index in [9.17, 15) is 9.59 Å². The van der Waals surface area contributed by atoms with E-state index in [0.717, 1.165) is 11.7 Å². The van der Waals surface area contributed by atoms with Gasteiger partial charge in [-0.2, -0.15) is 0 Å². The van der Waals surface area contributed by atoms with Crippen LogP contribution in [0.2, 0.25) is 0 Å². The van der Waals surface area contributed by atoms with Gasteiger partial charge in [0.2, 0.25) is 0 Å². The quantitative estimate of drug-likeness (QED) is 0.671. The van der Waals surface area contributed by atoms with Gasteiger partial charge in [0.25, 0.3) is 0 Å². The van der Waals surface area contributed by atoms with E-state index in [1.165, 1.54) is 6.92 Å². The molecule has 0 fully saturated rings. The fourth-order valence-electron chi connectivity index (χ4n) is 1.58. The van der Waals surface area contributed by atoms with E-state index in [4.69, 9.17) is 0 Å². The topological polar surface area (TPSA) is 49.9 Å². The molecule has 0 aliphatic heterocycles. The van der Waals surface area contributed by atoms with Gasteiger partial charge >= 0.3 is 0 Å². The Morgan fingerprint density at radius 2 is 2.20 bits per heavy atom. The molecule has 0 atom stereocenters. The Balaban J connectivity index is 2.87. The van der Waals surface area contributed by atoms with Crippen LogP contribution in [0.1, 0.15) is 27.8 Å². The van der Waals surface area contributed by atoms with E-state index in [-0.39, 0.29) is 5.78 Å². The fraction of sp³-hybridized carbons (Fsp3) is 0.0909. The summed E-state index contributed by atoms with van der Waals surface area (Å²) >= 11 is 3.32. The molecule has 2 rings (SSSR count). The first-order valence-electron chi connectivity index (χ1n) is 4.41. The number of para-hydroxylation sites is 1. The summed E-state index contributed by atoms with van der Waals surface area (Å²) in [5.74, 6) is -0.0215. The third-order valence-electron chi connectivity index (χ3n) is 2.29. The molecule has 0 spiro atoms. The first-order chi connectivity index (χ1) is 7.15. The monoisotopic (exact) mass is 265 g/mol. The summed E-state index contributed by atoms with van der Waals surface area (Å²) < 4.78 is 0.704. The number of hydrogen-bond acceptors (Lipinski definition) is 2. The van der Waals surface area contributed by atoms with Crippen LogP contribution in [0, 0.1) is 0 Å². The van der Waals surface area contributed by atoms with Gasteiger partial charge in [0.05, 0.1) is 15.7 Å². The molecule has 15 heavy (non-hydrogen) atoms. The Bertz CT molecular complexity index is 557. The molecule has 0 bridgehead atoms. The largest absolute Gasteiger partial charge is 0.351 e. The van der Waals surface area contributed by atoms with Gasteiger partial charge in [-0.15, -0.1) is 0 Å². The fourth-order valence-corrected chi connectivity index (χ4v) is 2.10. The summed E-state index contributed by atoms with van der Waals surface area (Å²) in [6.07, 6.45) is 0.730. The van der Waals surface area contributed by atoms with Crippen molar-refractivity contribution in [2.75, 3.05) is 0 Å². The molecule has 0 unspecified atom stereocenters. The number of Topliss-reactive ketones (excluding diaryl/α,β-unsaturated/α-hetero) is 1. The average molecular weight is 266 g/mol. The number of carbonyl (C=O) groups is 2. The Morgan fingerprint density at radius 3 is 2.80 bits per heavy atom. The molecule has 0 aliphatic rings. The van der Waals surface area contributed by atoms with Crippen LogP contribution in [0.5, 0.6) is 0 Å². The Hall–Kier alpha value is -1.42. The van der Waals surface area contributed by atoms with Crippen molar-refractivity contribution in [3.8, 4) is 0 Å². The molecule has 1 aromatic heterocycles. The maximum atomic E-state index is 11.3. The molecule has 0 aliphatic carbocycles. The second-order valence-corrected chi connectivity index (χ2v) is 4.05. The summed E-state index contributed by atoms with van der Waals surface area (Å²) in [6.45, 7) is 1.50. The van der Waals surface area contributed by atoms with Gasteiger partial charge in [0.15, 0.2) is 12.1 Å². The van der Waals surface area contributed by atoms with Crippen LogP contribution < -0.4 is 0 Å². The van der Waals surface area contributed by atoms with Crippen LogP contribution in [0.25, 0.3) is 10.9 Å². The standard InChI is InChI=1S/C11H8BrNO2/c1-6(15)7-3-2-4-8-10(12)9(5-14)13-11(7)8/h2-5,13H,1H3. The highest BCUT2D eigenvalue weighted by molar-refractivity contribution is 9.10. The maximum absolute atomic E-state index is 11.3. The SMILES string of the molecule is CC(=O)c1cccc2c(Br)c(C=O)[nH]c12. The van der Waals surface area contributed by atoms with E-state index >= 15 is 0 Å². The van der Waals surface area contributed by atoms with Gasteiger partial charge in [-0.3, -0.25) is 9.59 Å². The van der Waals surface area contributed by atoms with Gasteiger partial charge in [0.1, 0.15) is 0 Å². The summed E-state index contributed by atoms with van der Waals surface area (Å²) in [6, 6.07) is 5.39. The zero-order chi connectivity index (χ0) is 11.0. The molecule has 76 valence electrons. The van der Waals surface area contributed by atoms with Crippen LogP contribution in [-0.4, -0.2) is 17.1 Å². The normalized spacial score (nSPS) is 10.5.